The molecule has 1 aromatic heterocycles. The van der Waals surface area contributed by atoms with Crippen LogP contribution in [0.1, 0.15) is 16.7 Å². The van der Waals surface area contributed by atoms with Gasteiger partial charge in [-0.05, 0) is 47.0 Å². The minimum absolute atomic E-state index is 0.0976. The lowest BCUT2D eigenvalue weighted by Gasteiger charge is -2.37. The normalized spacial score (nSPS) is 15.4. The summed E-state index contributed by atoms with van der Waals surface area (Å²) < 4.78 is 1.54. The van der Waals surface area contributed by atoms with E-state index in [0.717, 1.165) is 27.9 Å². The molecule has 5 aromatic rings. The largest absolute Gasteiger partial charge is 0.378 e. The molecule has 2 amide bonds. The number of aromatic nitrogens is 3. The Bertz CT molecular complexity index is 1690. The van der Waals surface area contributed by atoms with E-state index in [2.05, 4.69) is 15.7 Å². The molecule has 0 spiro atoms. The van der Waals surface area contributed by atoms with Crippen molar-refractivity contribution in [2.75, 3.05) is 19.0 Å². The van der Waals surface area contributed by atoms with Gasteiger partial charge < -0.3 is 4.90 Å². The summed E-state index contributed by atoms with van der Waals surface area (Å²) in [6.45, 7) is -0.0976. The molecule has 8 nitrogen and oxygen atoms in total. The number of rotatable bonds is 7. The van der Waals surface area contributed by atoms with E-state index < -0.39 is 4.87 Å². The topological polar surface area (TPSA) is 83.4 Å². The lowest BCUT2D eigenvalue weighted by molar-refractivity contribution is -0.140. The van der Waals surface area contributed by atoms with Crippen LogP contribution in [0.2, 0.25) is 0 Å². The third kappa shape index (κ3) is 4.96. The SMILES string of the molecule is CN(C)c1ccc(/C=C2\SC(c3ccccc3)(c3ccccc3)N(NC(=O)Cn3nnc4ccccc43)C2=O)cc1. The average Bonchev–Trinajstić information content (AvgIpc) is 3.53. The molecular weight excluding hydrogens is 532 g/mol. The molecule has 0 aliphatic carbocycles. The number of amides is 2. The van der Waals surface area contributed by atoms with E-state index in [1.165, 1.54) is 21.5 Å². The van der Waals surface area contributed by atoms with Crippen molar-refractivity contribution in [3.8, 4) is 0 Å². The minimum Gasteiger partial charge on any atom is -0.378 e. The maximum absolute atomic E-state index is 14.2. The Morgan fingerprint density at radius 2 is 1.49 bits per heavy atom. The van der Waals surface area contributed by atoms with Gasteiger partial charge in [0.2, 0.25) is 0 Å². The summed E-state index contributed by atoms with van der Waals surface area (Å²) in [7, 11) is 3.97. The van der Waals surface area contributed by atoms with Gasteiger partial charge in [-0.1, -0.05) is 102 Å². The van der Waals surface area contributed by atoms with Crippen molar-refractivity contribution in [2.45, 2.75) is 11.4 Å². The summed E-state index contributed by atoms with van der Waals surface area (Å²) in [4.78, 5) is 29.2. The number of carbonyl (C=O) groups is 2. The summed E-state index contributed by atoms with van der Waals surface area (Å²) in [5.74, 6) is -0.682. The molecule has 1 saturated heterocycles. The van der Waals surface area contributed by atoms with Crippen molar-refractivity contribution in [3.63, 3.8) is 0 Å². The van der Waals surface area contributed by atoms with Gasteiger partial charge in [-0.2, -0.15) is 0 Å². The molecule has 1 aliphatic heterocycles. The predicted molar refractivity (Wildman–Crippen MR) is 163 cm³/mol. The van der Waals surface area contributed by atoms with Crippen LogP contribution in [0, 0.1) is 0 Å². The smallest absolute Gasteiger partial charge is 0.280 e. The molecule has 0 bridgehead atoms. The molecule has 0 saturated carbocycles. The van der Waals surface area contributed by atoms with Gasteiger partial charge in [0.25, 0.3) is 11.8 Å². The Labute approximate surface area is 242 Å². The number of carbonyl (C=O) groups excluding carboxylic acids is 2. The minimum atomic E-state index is -1.03. The Balaban J connectivity index is 1.42. The molecule has 0 unspecified atom stereocenters. The first-order valence-corrected chi connectivity index (χ1v) is 14.0. The van der Waals surface area contributed by atoms with Crippen LogP contribution in [-0.4, -0.2) is 45.9 Å². The summed E-state index contributed by atoms with van der Waals surface area (Å²) in [5.41, 5.74) is 8.07. The maximum Gasteiger partial charge on any atom is 0.280 e. The highest BCUT2D eigenvalue weighted by molar-refractivity contribution is 8.05. The van der Waals surface area contributed by atoms with Crippen molar-refractivity contribution < 1.29 is 9.59 Å². The number of nitrogens with one attached hydrogen (secondary N) is 1. The number of hydrazine groups is 1. The lowest BCUT2D eigenvalue weighted by atomic mass is 9.97. The molecule has 1 fully saturated rings. The maximum atomic E-state index is 14.2. The molecule has 0 radical (unpaired) electrons. The van der Waals surface area contributed by atoms with Crippen LogP contribution < -0.4 is 10.3 Å². The molecule has 1 aliphatic rings. The van der Waals surface area contributed by atoms with Crippen molar-refractivity contribution in [1.82, 2.24) is 25.4 Å². The van der Waals surface area contributed by atoms with Gasteiger partial charge in [-0.3, -0.25) is 15.0 Å². The molecule has 2 heterocycles. The first-order valence-electron chi connectivity index (χ1n) is 13.2. The number of hydrogen-bond donors (Lipinski definition) is 1. The standard InChI is InChI=1S/C32H28N6O2S/c1-36(2)26-19-17-23(18-20-26)21-29-31(40)38(34-30(39)22-37-28-16-10-9-15-27(28)33-35-37)32(41-29,24-11-5-3-6-12-24)25-13-7-4-8-14-25/h3-21H,22H2,1-2H3,(H,34,39)/b29-21-. The zero-order valence-corrected chi connectivity index (χ0v) is 23.5. The second kappa shape index (κ2) is 10.9. The molecule has 41 heavy (non-hydrogen) atoms. The van der Waals surface area contributed by atoms with E-state index in [-0.39, 0.29) is 18.4 Å². The van der Waals surface area contributed by atoms with Gasteiger partial charge >= 0.3 is 0 Å². The summed E-state index contributed by atoms with van der Waals surface area (Å²) >= 11 is 1.42. The highest BCUT2D eigenvalue weighted by Crippen LogP contribution is 2.54. The van der Waals surface area contributed by atoms with Crippen LogP contribution in [0.15, 0.2) is 114 Å². The number of anilines is 1. The van der Waals surface area contributed by atoms with Gasteiger partial charge in [-0.15, -0.1) is 5.10 Å². The van der Waals surface area contributed by atoms with Crippen LogP contribution in [0.5, 0.6) is 0 Å². The van der Waals surface area contributed by atoms with Crippen molar-refractivity contribution >= 4 is 46.4 Å². The van der Waals surface area contributed by atoms with E-state index in [9.17, 15) is 9.59 Å². The molecule has 9 heteroatoms. The number of hydrogen-bond acceptors (Lipinski definition) is 6. The molecule has 0 atom stereocenters. The van der Waals surface area contributed by atoms with Crippen molar-refractivity contribution in [1.29, 1.82) is 0 Å². The van der Waals surface area contributed by atoms with E-state index >= 15 is 0 Å². The molecule has 204 valence electrons. The van der Waals surface area contributed by atoms with E-state index in [1.54, 1.807) is 0 Å². The quantitative estimate of drug-likeness (QED) is 0.281. The van der Waals surface area contributed by atoms with Crippen LogP contribution >= 0.6 is 11.8 Å². The zero-order valence-electron chi connectivity index (χ0n) is 22.6. The molecular formula is C32H28N6O2S. The number of nitrogens with zero attached hydrogens (tertiary/aromatic N) is 5. The Morgan fingerprint density at radius 3 is 2.12 bits per heavy atom. The van der Waals surface area contributed by atoms with Crippen LogP contribution in [0.4, 0.5) is 5.69 Å². The molecule has 4 aromatic carbocycles. The number of thioether (sulfide) groups is 1. The summed E-state index contributed by atoms with van der Waals surface area (Å²) in [6.07, 6.45) is 1.88. The fourth-order valence-electron chi connectivity index (χ4n) is 4.94. The molecule has 1 N–H and O–H groups in total. The van der Waals surface area contributed by atoms with Gasteiger partial charge in [-0.25, -0.2) is 9.69 Å². The lowest BCUT2D eigenvalue weighted by Crippen LogP contribution is -2.54. The fraction of sp³-hybridized carbons (Fsp3) is 0.125. The molecule has 6 rings (SSSR count). The van der Waals surface area contributed by atoms with Gasteiger partial charge in [0.1, 0.15) is 12.1 Å². The first kappa shape index (κ1) is 26.3. The van der Waals surface area contributed by atoms with Crippen LogP contribution in [0.25, 0.3) is 17.1 Å². The van der Waals surface area contributed by atoms with Crippen LogP contribution in [-0.2, 0) is 21.0 Å². The third-order valence-corrected chi connectivity index (χ3v) is 8.44. The fourth-order valence-corrected chi connectivity index (χ4v) is 6.36. The average molecular weight is 561 g/mol. The van der Waals surface area contributed by atoms with E-state index in [0.29, 0.717) is 10.4 Å². The van der Waals surface area contributed by atoms with Crippen molar-refractivity contribution in [2.24, 2.45) is 0 Å². The number of fused-ring (bicyclic) bond motifs is 1. The second-order valence-corrected chi connectivity index (χ2v) is 11.1. The van der Waals surface area contributed by atoms with Gasteiger partial charge in [0, 0.05) is 19.8 Å². The van der Waals surface area contributed by atoms with Crippen LogP contribution in [0.3, 0.4) is 0 Å². The number of benzene rings is 4. The Kier molecular flexibility index (Phi) is 7.03. The zero-order chi connectivity index (χ0) is 28.4. The van der Waals surface area contributed by atoms with Crippen molar-refractivity contribution in [3.05, 3.63) is 131 Å². The Hall–Kier alpha value is -4.89. The summed E-state index contributed by atoms with van der Waals surface area (Å²) in [5, 5.41) is 9.77. The summed E-state index contributed by atoms with van der Waals surface area (Å²) in [6, 6.07) is 35.0. The van der Waals surface area contributed by atoms with Gasteiger partial charge in [0.05, 0.1) is 10.4 Å². The predicted octanol–water partition coefficient (Wildman–Crippen LogP) is 5.05. The first-order chi connectivity index (χ1) is 20.0. The highest BCUT2D eigenvalue weighted by Gasteiger charge is 2.53. The highest BCUT2D eigenvalue weighted by atomic mass is 32.2. The van der Waals surface area contributed by atoms with E-state index in [1.807, 2.05) is 134 Å². The second-order valence-electron chi connectivity index (χ2n) is 9.88. The monoisotopic (exact) mass is 560 g/mol. The van der Waals surface area contributed by atoms with E-state index in [4.69, 9.17) is 0 Å². The third-order valence-electron chi connectivity index (χ3n) is 6.97. The Morgan fingerprint density at radius 1 is 0.878 bits per heavy atom. The number of para-hydroxylation sites is 1. The van der Waals surface area contributed by atoms with Gasteiger partial charge in [0.15, 0.2) is 4.87 Å².